The minimum absolute atomic E-state index is 0.0977. The molecule has 0 bridgehead atoms. The van der Waals surface area contributed by atoms with Gasteiger partial charge in [-0.05, 0) is 29.7 Å². The Kier molecular flexibility index (Phi) is 3.10. The summed E-state index contributed by atoms with van der Waals surface area (Å²) in [6.45, 7) is 0. The van der Waals surface area contributed by atoms with Gasteiger partial charge in [0.2, 0.25) is 0 Å². The van der Waals surface area contributed by atoms with Gasteiger partial charge in [-0.15, -0.1) is 0 Å². The highest BCUT2D eigenvalue weighted by molar-refractivity contribution is 5.94. The smallest absolute Gasteiger partial charge is 0.122 e. The maximum absolute atomic E-state index is 7.32. The molecular formula is C14H15N3. The van der Waals surface area contributed by atoms with Crippen LogP contribution in [-0.2, 0) is 6.42 Å². The first-order valence-electron chi connectivity index (χ1n) is 5.43. The molecule has 0 saturated heterocycles. The summed E-state index contributed by atoms with van der Waals surface area (Å²) in [6, 6.07) is 15.6. The number of benzene rings is 2. The molecule has 2 aromatic carbocycles. The Balaban J connectivity index is 2.16. The van der Waals surface area contributed by atoms with Crippen LogP contribution in [0.15, 0.2) is 48.5 Å². The fraction of sp³-hybridized carbons (Fsp3) is 0.0714. The van der Waals surface area contributed by atoms with E-state index in [1.807, 2.05) is 42.5 Å². The van der Waals surface area contributed by atoms with Gasteiger partial charge in [-0.25, -0.2) is 0 Å². The van der Waals surface area contributed by atoms with Crippen LogP contribution in [0.5, 0.6) is 0 Å². The number of amidine groups is 1. The number of nitrogens with one attached hydrogen (secondary N) is 1. The fourth-order valence-corrected chi connectivity index (χ4v) is 1.74. The van der Waals surface area contributed by atoms with Gasteiger partial charge >= 0.3 is 0 Å². The van der Waals surface area contributed by atoms with Gasteiger partial charge in [0, 0.05) is 11.3 Å². The average Bonchev–Trinajstić information content (AvgIpc) is 2.29. The predicted molar refractivity (Wildman–Crippen MR) is 71.1 cm³/mol. The maximum atomic E-state index is 7.32. The Labute approximate surface area is 101 Å². The summed E-state index contributed by atoms with van der Waals surface area (Å²) in [6.07, 6.45) is 0.837. The van der Waals surface area contributed by atoms with Gasteiger partial charge < -0.3 is 11.5 Å². The van der Waals surface area contributed by atoms with Gasteiger partial charge in [0.05, 0.1) is 0 Å². The third-order valence-electron chi connectivity index (χ3n) is 2.62. The molecule has 0 aliphatic carbocycles. The van der Waals surface area contributed by atoms with E-state index in [0.717, 1.165) is 17.7 Å². The van der Waals surface area contributed by atoms with Gasteiger partial charge in [-0.2, -0.15) is 0 Å². The molecule has 0 aliphatic rings. The highest BCUT2D eigenvalue weighted by Gasteiger charge is 1.99. The molecule has 2 aromatic rings. The van der Waals surface area contributed by atoms with Gasteiger partial charge in [-0.1, -0.05) is 36.4 Å². The van der Waals surface area contributed by atoms with E-state index in [9.17, 15) is 0 Å². The molecule has 0 spiro atoms. The van der Waals surface area contributed by atoms with Crippen LogP contribution in [0.4, 0.5) is 5.69 Å². The Morgan fingerprint density at radius 2 is 1.71 bits per heavy atom. The summed E-state index contributed by atoms with van der Waals surface area (Å²) < 4.78 is 0. The molecule has 17 heavy (non-hydrogen) atoms. The molecule has 3 nitrogen and oxygen atoms in total. The standard InChI is InChI=1S/C14H15N3/c15-13-3-1-2-11(9-13)8-10-4-6-12(7-5-10)14(16)17/h1-7,9H,8,15H2,(H3,16,17). The van der Waals surface area contributed by atoms with E-state index < -0.39 is 0 Å². The first-order chi connectivity index (χ1) is 8.15. The van der Waals surface area contributed by atoms with Crippen molar-refractivity contribution in [3.8, 4) is 0 Å². The summed E-state index contributed by atoms with van der Waals surface area (Å²) in [5.74, 6) is 0.0977. The SMILES string of the molecule is N=C(N)c1ccc(Cc2cccc(N)c2)cc1. The van der Waals surface area contributed by atoms with Crippen molar-refractivity contribution in [1.29, 1.82) is 5.41 Å². The monoisotopic (exact) mass is 225 g/mol. The van der Waals surface area contributed by atoms with Gasteiger partial charge in [0.15, 0.2) is 0 Å². The lowest BCUT2D eigenvalue weighted by Gasteiger charge is -2.04. The lowest BCUT2D eigenvalue weighted by Crippen LogP contribution is -2.10. The van der Waals surface area contributed by atoms with Crippen molar-refractivity contribution >= 4 is 11.5 Å². The van der Waals surface area contributed by atoms with Crippen LogP contribution in [0.3, 0.4) is 0 Å². The molecule has 0 fully saturated rings. The van der Waals surface area contributed by atoms with Crippen LogP contribution in [0.25, 0.3) is 0 Å². The lowest BCUT2D eigenvalue weighted by atomic mass is 10.0. The summed E-state index contributed by atoms with van der Waals surface area (Å²) >= 11 is 0. The third kappa shape index (κ3) is 2.84. The molecule has 2 rings (SSSR count). The minimum Gasteiger partial charge on any atom is -0.399 e. The maximum Gasteiger partial charge on any atom is 0.122 e. The summed E-state index contributed by atoms with van der Waals surface area (Å²) in [5, 5.41) is 7.32. The first kappa shape index (κ1) is 11.2. The van der Waals surface area contributed by atoms with E-state index in [0.29, 0.717) is 0 Å². The van der Waals surface area contributed by atoms with E-state index in [-0.39, 0.29) is 5.84 Å². The number of hydrogen-bond acceptors (Lipinski definition) is 2. The average molecular weight is 225 g/mol. The van der Waals surface area contributed by atoms with Crippen LogP contribution in [-0.4, -0.2) is 5.84 Å². The van der Waals surface area contributed by atoms with Gasteiger partial charge in [0.1, 0.15) is 5.84 Å². The molecule has 5 N–H and O–H groups in total. The van der Waals surface area contributed by atoms with Crippen LogP contribution in [0, 0.1) is 5.41 Å². The highest BCUT2D eigenvalue weighted by atomic mass is 14.7. The van der Waals surface area contributed by atoms with Crippen molar-refractivity contribution in [1.82, 2.24) is 0 Å². The highest BCUT2D eigenvalue weighted by Crippen LogP contribution is 2.13. The van der Waals surface area contributed by atoms with Gasteiger partial charge in [-0.3, -0.25) is 5.41 Å². The van der Waals surface area contributed by atoms with E-state index in [2.05, 4.69) is 6.07 Å². The number of nitrogen functional groups attached to an aromatic ring is 2. The predicted octanol–water partition coefficient (Wildman–Crippen LogP) is 2.14. The molecular weight excluding hydrogens is 210 g/mol. The van der Waals surface area contributed by atoms with Gasteiger partial charge in [0.25, 0.3) is 0 Å². The lowest BCUT2D eigenvalue weighted by molar-refractivity contribution is 1.19. The summed E-state index contributed by atoms with van der Waals surface area (Å²) in [4.78, 5) is 0. The molecule has 0 radical (unpaired) electrons. The molecule has 0 unspecified atom stereocenters. The Bertz CT molecular complexity index is 529. The zero-order chi connectivity index (χ0) is 12.3. The molecule has 0 heterocycles. The Hall–Kier alpha value is -2.29. The van der Waals surface area contributed by atoms with E-state index >= 15 is 0 Å². The van der Waals surface area contributed by atoms with Crippen molar-refractivity contribution in [2.24, 2.45) is 5.73 Å². The molecule has 0 aliphatic heterocycles. The van der Waals surface area contributed by atoms with Crippen LogP contribution >= 0.6 is 0 Å². The second-order valence-corrected chi connectivity index (χ2v) is 4.03. The quantitative estimate of drug-likeness (QED) is 0.425. The van der Waals surface area contributed by atoms with Crippen LogP contribution in [0.2, 0.25) is 0 Å². The molecule has 0 atom stereocenters. The zero-order valence-corrected chi connectivity index (χ0v) is 9.48. The number of hydrogen-bond donors (Lipinski definition) is 3. The summed E-state index contributed by atoms with van der Waals surface area (Å²) in [5.41, 5.74) is 15.0. The van der Waals surface area contributed by atoms with Crippen molar-refractivity contribution in [2.45, 2.75) is 6.42 Å². The second kappa shape index (κ2) is 4.70. The fourth-order valence-electron chi connectivity index (χ4n) is 1.74. The zero-order valence-electron chi connectivity index (χ0n) is 9.48. The van der Waals surface area contributed by atoms with Crippen molar-refractivity contribution in [2.75, 3.05) is 5.73 Å². The van der Waals surface area contributed by atoms with Crippen molar-refractivity contribution in [3.63, 3.8) is 0 Å². The number of nitrogens with two attached hydrogens (primary N) is 2. The summed E-state index contributed by atoms with van der Waals surface area (Å²) in [7, 11) is 0. The van der Waals surface area contributed by atoms with Crippen molar-refractivity contribution in [3.05, 3.63) is 65.2 Å². The topological polar surface area (TPSA) is 75.9 Å². The van der Waals surface area contributed by atoms with Crippen LogP contribution in [0.1, 0.15) is 16.7 Å². The Morgan fingerprint density at radius 3 is 2.29 bits per heavy atom. The minimum atomic E-state index is 0.0977. The Morgan fingerprint density at radius 1 is 1.00 bits per heavy atom. The van der Waals surface area contributed by atoms with E-state index in [1.165, 1.54) is 11.1 Å². The molecule has 3 heteroatoms. The first-order valence-corrected chi connectivity index (χ1v) is 5.43. The van der Waals surface area contributed by atoms with Crippen LogP contribution < -0.4 is 11.5 Å². The van der Waals surface area contributed by atoms with Crippen molar-refractivity contribution < 1.29 is 0 Å². The molecule has 0 amide bonds. The number of rotatable bonds is 3. The second-order valence-electron chi connectivity index (χ2n) is 4.03. The van der Waals surface area contributed by atoms with E-state index in [4.69, 9.17) is 16.9 Å². The number of anilines is 1. The van der Waals surface area contributed by atoms with E-state index in [1.54, 1.807) is 0 Å². The largest absolute Gasteiger partial charge is 0.399 e. The third-order valence-corrected chi connectivity index (χ3v) is 2.62. The molecule has 0 aromatic heterocycles. The normalized spacial score (nSPS) is 10.1. The molecule has 0 saturated carbocycles. The molecule has 86 valence electrons.